The summed E-state index contributed by atoms with van der Waals surface area (Å²) in [7, 11) is 0. The largest absolute Gasteiger partial charge is 0.481 e. The Labute approximate surface area is 233 Å². The van der Waals surface area contributed by atoms with E-state index >= 15 is 0 Å². The number of halogens is 1. The van der Waals surface area contributed by atoms with Crippen molar-refractivity contribution in [2.24, 2.45) is 0 Å². The van der Waals surface area contributed by atoms with Gasteiger partial charge in [0.1, 0.15) is 5.82 Å². The molecule has 0 saturated carbocycles. The fraction of sp³-hybridized carbons (Fsp3) is 0.323. The highest BCUT2D eigenvalue weighted by atomic mass is 19.1. The van der Waals surface area contributed by atoms with Gasteiger partial charge in [0.25, 0.3) is 5.91 Å². The highest BCUT2D eigenvalue weighted by Gasteiger charge is 2.17. The van der Waals surface area contributed by atoms with Gasteiger partial charge in [-0.3, -0.25) is 14.4 Å². The standard InChI is InChI=1S/C31H35FN4O4/c1-5-6-9-25(34-21(4)37)19(2)20(3)33-31(40)23-14-17-26-28(18-23)35-27(10-7-8-11-29(38)39)30(36-26)22-12-15-24(32)16-13-22/h5,12-18,20H,1,6-11H2,2-4H3,(H,33,40)(H,34,37)(H,38,39)/b25-19-. The molecule has 3 rings (SSSR count). The predicted octanol–water partition coefficient (Wildman–Crippen LogP) is 5.73. The van der Waals surface area contributed by atoms with Gasteiger partial charge in [-0.1, -0.05) is 6.08 Å². The van der Waals surface area contributed by atoms with E-state index in [1.165, 1.54) is 19.1 Å². The lowest BCUT2D eigenvalue weighted by Crippen LogP contribution is -2.35. The van der Waals surface area contributed by atoms with Crippen LogP contribution in [0.25, 0.3) is 22.3 Å². The van der Waals surface area contributed by atoms with Crippen LogP contribution in [0.3, 0.4) is 0 Å². The van der Waals surface area contributed by atoms with Gasteiger partial charge >= 0.3 is 5.97 Å². The average Bonchev–Trinajstić information content (AvgIpc) is 2.92. The second-order valence-electron chi connectivity index (χ2n) is 9.70. The van der Waals surface area contributed by atoms with Crippen LogP contribution in [0, 0.1) is 5.82 Å². The fourth-order valence-corrected chi connectivity index (χ4v) is 4.28. The summed E-state index contributed by atoms with van der Waals surface area (Å²) in [6.45, 7) is 8.91. The van der Waals surface area contributed by atoms with Crippen molar-refractivity contribution in [2.45, 2.75) is 65.3 Å². The van der Waals surface area contributed by atoms with Gasteiger partial charge in [0.2, 0.25) is 5.91 Å². The topological polar surface area (TPSA) is 121 Å². The number of aryl methyl sites for hydroxylation is 1. The fourth-order valence-electron chi connectivity index (χ4n) is 4.28. The van der Waals surface area contributed by atoms with Crippen molar-refractivity contribution in [2.75, 3.05) is 0 Å². The Morgan fingerprint density at radius 2 is 1.75 bits per heavy atom. The van der Waals surface area contributed by atoms with Crippen molar-refractivity contribution in [1.82, 2.24) is 20.6 Å². The van der Waals surface area contributed by atoms with Crippen molar-refractivity contribution in [3.05, 3.63) is 83.5 Å². The SMILES string of the molecule is C=CCC/C(NC(C)=O)=C(\C)C(C)NC(=O)c1ccc2nc(-c3ccc(F)cc3)c(CCCCC(=O)O)nc2c1. The molecule has 1 aromatic heterocycles. The molecule has 210 valence electrons. The summed E-state index contributed by atoms with van der Waals surface area (Å²) in [6.07, 6.45) is 4.68. The smallest absolute Gasteiger partial charge is 0.303 e. The minimum Gasteiger partial charge on any atom is -0.481 e. The summed E-state index contributed by atoms with van der Waals surface area (Å²) in [5.41, 5.74) is 5.05. The van der Waals surface area contributed by atoms with Crippen molar-refractivity contribution >= 4 is 28.8 Å². The summed E-state index contributed by atoms with van der Waals surface area (Å²) in [4.78, 5) is 45.3. The monoisotopic (exact) mass is 546 g/mol. The number of carboxylic acid groups (broad SMARTS) is 1. The molecule has 0 fully saturated rings. The molecule has 3 aromatic rings. The zero-order chi connectivity index (χ0) is 29.2. The van der Waals surface area contributed by atoms with Crippen molar-refractivity contribution in [3.8, 4) is 11.3 Å². The number of nitrogens with one attached hydrogen (secondary N) is 2. The third-order valence-corrected chi connectivity index (χ3v) is 6.57. The van der Waals surface area contributed by atoms with E-state index in [0.29, 0.717) is 65.7 Å². The van der Waals surface area contributed by atoms with Gasteiger partial charge in [-0.25, -0.2) is 14.4 Å². The van der Waals surface area contributed by atoms with Gasteiger partial charge in [-0.2, -0.15) is 0 Å². The lowest BCUT2D eigenvalue weighted by atomic mass is 10.0. The summed E-state index contributed by atoms with van der Waals surface area (Å²) >= 11 is 0. The third kappa shape index (κ3) is 8.30. The van der Waals surface area contributed by atoms with E-state index in [0.717, 1.165) is 11.3 Å². The maximum absolute atomic E-state index is 13.5. The van der Waals surface area contributed by atoms with E-state index < -0.39 is 5.97 Å². The number of hydrogen-bond donors (Lipinski definition) is 3. The molecule has 9 heteroatoms. The minimum atomic E-state index is -0.858. The minimum absolute atomic E-state index is 0.0560. The normalized spacial score (nSPS) is 12.4. The Hall–Kier alpha value is -4.40. The Balaban J connectivity index is 1.90. The van der Waals surface area contributed by atoms with Crippen LogP contribution in [-0.4, -0.2) is 38.9 Å². The number of aliphatic carboxylic acids is 1. The molecule has 8 nitrogen and oxygen atoms in total. The van der Waals surface area contributed by atoms with E-state index in [1.54, 1.807) is 36.4 Å². The van der Waals surface area contributed by atoms with Gasteiger partial charge in [-0.05, 0) is 94.0 Å². The molecule has 0 spiro atoms. The first-order valence-electron chi connectivity index (χ1n) is 13.3. The number of rotatable bonds is 13. The Morgan fingerprint density at radius 1 is 1.02 bits per heavy atom. The zero-order valence-electron chi connectivity index (χ0n) is 23.1. The van der Waals surface area contributed by atoms with Crippen LogP contribution in [0.2, 0.25) is 0 Å². The number of nitrogens with zero attached hydrogens (tertiary/aromatic N) is 2. The number of hydrogen-bond acceptors (Lipinski definition) is 5. The van der Waals surface area contributed by atoms with Crippen LogP contribution in [-0.2, 0) is 16.0 Å². The molecule has 1 heterocycles. The van der Waals surface area contributed by atoms with Crippen LogP contribution in [0.4, 0.5) is 4.39 Å². The van der Waals surface area contributed by atoms with Crippen molar-refractivity contribution in [1.29, 1.82) is 0 Å². The second kappa shape index (κ2) is 14.1. The molecule has 1 atom stereocenters. The summed E-state index contributed by atoms with van der Waals surface area (Å²) in [5, 5.41) is 14.8. The van der Waals surface area contributed by atoms with Gasteiger partial charge < -0.3 is 15.7 Å². The third-order valence-electron chi connectivity index (χ3n) is 6.57. The summed E-state index contributed by atoms with van der Waals surface area (Å²) < 4.78 is 13.5. The Kier molecular flexibility index (Phi) is 10.6. The van der Waals surface area contributed by atoms with Crippen LogP contribution < -0.4 is 10.6 Å². The molecule has 0 aliphatic heterocycles. The van der Waals surface area contributed by atoms with Gasteiger partial charge in [0.05, 0.1) is 22.4 Å². The van der Waals surface area contributed by atoms with Gasteiger partial charge in [-0.15, -0.1) is 6.58 Å². The number of carboxylic acids is 1. The number of carbonyl (C=O) groups is 3. The average molecular weight is 547 g/mol. The molecule has 0 aliphatic carbocycles. The molecule has 2 aromatic carbocycles. The van der Waals surface area contributed by atoms with Crippen LogP contribution in [0.15, 0.2) is 66.4 Å². The maximum atomic E-state index is 13.5. The first kappa shape index (κ1) is 30.1. The first-order valence-corrected chi connectivity index (χ1v) is 13.3. The first-order chi connectivity index (χ1) is 19.1. The molecular weight excluding hydrogens is 511 g/mol. The van der Waals surface area contributed by atoms with E-state index in [9.17, 15) is 18.8 Å². The molecular formula is C31H35FN4O4. The molecule has 2 amide bonds. The van der Waals surface area contributed by atoms with Crippen LogP contribution in [0.5, 0.6) is 0 Å². The van der Waals surface area contributed by atoms with Crippen molar-refractivity contribution in [3.63, 3.8) is 0 Å². The highest BCUT2D eigenvalue weighted by molar-refractivity contribution is 5.97. The van der Waals surface area contributed by atoms with E-state index in [4.69, 9.17) is 15.1 Å². The quantitative estimate of drug-likeness (QED) is 0.186. The molecule has 0 radical (unpaired) electrons. The summed E-state index contributed by atoms with van der Waals surface area (Å²) in [5.74, 6) is -1.69. The number of aromatic nitrogens is 2. The molecule has 3 N–H and O–H groups in total. The van der Waals surface area contributed by atoms with Crippen LogP contribution >= 0.6 is 0 Å². The highest BCUT2D eigenvalue weighted by Crippen LogP contribution is 2.26. The lowest BCUT2D eigenvalue weighted by molar-refractivity contribution is -0.137. The molecule has 1 unspecified atom stereocenters. The lowest BCUT2D eigenvalue weighted by Gasteiger charge is -2.20. The predicted molar refractivity (Wildman–Crippen MR) is 153 cm³/mol. The van der Waals surface area contributed by atoms with E-state index in [2.05, 4.69) is 17.2 Å². The van der Waals surface area contributed by atoms with Crippen LogP contribution in [0.1, 0.15) is 68.9 Å². The van der Waals surface area contributed by atoms with E-state index in [-0.39, 0.29) is 30.1 Å². The molecule has 0 aliphatic rings. The second-order valence-corrected chi connectivity index (χ2v) is 9.70. The number of unbranched alkanes of at least 4 members (excludes halogenated alkanes) is 1. The zero-order valence-corrected chi connectivity index (χ0v) is 23.1. The maximum Gasteiger partial charge on any atom is 0.303 e. The molecule has 40 heavy (non-hydrogen) atoms. The van der Waals surface area contributed by atoms with Crippen molar-refractivity contribution < 1.29 is 23.9 Å². The van der Waals surface area contributed by atoms with E-state index in [1.807, 2.05) is 13.8 Å². The molecule has 0 saturated heterocycles. The number of allylic oxidation sites excluding steroid dienone is 2. The number of amides is 2. The summed E-state index contributed by atoms with van der Waals surface area (Å²) in [6, 6.07) is 10.7. The number of carbonyl (C=O) groups excluding carboxylic acids is 2. The van der Waals surface area contributed by atoms with Gasteiger partial charge in [0.15, 0.2) is 0 Å². The van der Waals surface area contributed by atoms with Gasteiger partial charge in [0, 0.05) is 36.2 Å². The number of benzene rings is 2. The Bertz CT molecular complexity index is 1430. The Morgan fingerprint density at radius 3 is 2.40 bits per heavy atom. The molecule has 0 bridgehead atoms. The number of fused-ring (bicyclic) bond motifs is 1.